The third-order valence-corrected chi connectivity index (χ3v) is 7.94. The molecule has 0 bridgehead atoms. The molecule has 2 aliphatic carbocycles. The van der Waals surface area contributed by atoms with Gasteiger partial charge in [0.1, 0.15) is 0 Å². The molecule has 29 heavy (non-hydrogen) atoms. The van der Waals surface area contributed by atoms with Crippen molar-refractivity contribution in [1.29, 1.82) is 0 Å². The smallest absolute Gasteiger partial charge is 0.307 e. The number of urea groups is 1. The third-order valence-electron chi connectivity index (χ3n) is 6.98. The summed E-state index contributed by atoms with van der Waals surface area (Å²) in [6, 6.07) is 1.62. The van der Waals surface area contributed by atoms with Gasteiger partial charge in [-0.1, -0.05) is 19.1 Å². The van der Waals surface area contributed by atoms with Gasteiger partial charge in [-0.2, -0.15) is 0 Å². The van der Waals surface area contributed by atoms with Crippen molar-refractivity contribution in [2.75, 3.05) is 18.9 Å². The number of aryl methyl sites for hydroxylation is 2. The molecule has 2 amide bonds. The number of anilines is 1. The minimum absolute atomic E-state index is 0.244. The van der Waals surface area contributed by atoms with Crippen LogP contribution >= 0.6 is 0 Å². The molecular weight excluding hydrogens is 386 g/mol. The van der Waals surface area contributed by atoms with E-state index < -0.39 is 16.1 Å². The number of benzene rings is 1. The molecule has 1 aromatic carbocycles. The number of sulfonamides is 1. The number of likely N-dealkylation sites (tertiary alicyclic amines) is 1. The Morgan fingerprint density at radius 3 is 2.34 bits per heavy atom. The van der Waals surface area contributed by atoms with Crippen LogP contribution in [0.25, 0.3) is 0 Å². The summed E-state index contributed by atoms with van der Waals surface area (Å²) in [5, 5.41) is 4.05. The Morgan fingerprint density at radius 1 is 1.14 bits per heavy atom. The summed E-state index contributed by atoms with van der Waals surface area (Å²) >= 11 is 0. The SMILES string of the molecule is CC[C@@]1(/C=C/S(=O)(=O)NC(=O)Nc2c3c(cc4c2CCC4)CCC3)CCCN1C. The second kappa shape index (κ2) is 7.76. The first-order valence-electron chi connectivity index (χ1n) is 10.7. The number of amides is 2. The van der Waals surface area contributed by atoms with Crippen LogP contribution in [-0.4, -0.2) is 38.5 Å². The van der Waals surface area contributed by atoms with Gasteiger partial charge < -0.3 is 5.32 Å². The first-order valence-corrected chi connectivity index (χ1v) is 12.3. The highest BCUT2D eigenvalue weighted by Crippen LogP contribution is 2.38. The Morgan fingerprint density at radius 2 is 1.79 bits per heavy atom. The number of carbonyl (C=O) groups excluding carboxylic acids is 1. The lowest BCUT2D eigenvalue weighted by atomic mass is 9.93. The van der Waals surface area contributed by atoms with Crippen molar-refractivity contribution in [3.8, 4) is 0 Å². The molecule has 1 saturated heterocycles. The van der Waals surface area contributed by atoms with Gasteiger partial charge in [0.15, 0.2) is 0 Å². The fourth-order valence-corrected chi connectivity index (χ4v) is 6.11. The van der Waals surface area contributed by atoms with Crippen molar-refractivity contribution in [2.24, 2.45) is 0 Å². The molecule has 0 saturated carbocycles. The maximum Gasteiger partial charge on any atom is 0.333 e. The predicted octanol–water partition coefficient (Wildman–Crippen LogP) is 3.50. The van der Waals surface area contributed by atoms with Gasteiger partial charge in [-0.05, 0) is 93.6 Å². The van der Waals surface area contributed by atoms with E-state index in [2.05, 4.69) is 27.9 Å². The van der Waals surface area contributed by atoms with Crippen LogP contribution in [0.1, 0.15) is 61.3 Å². The number of carbonyl (C=O) groups is 1. The van der Waals surface area contributed by atoms with E-state index in [1.165, 1.54) is 22.3 Å². The summed E-state index contributed by atoms with van der Waals surface area (Å²) in [4.78, 5) is 14.8. The second-order valence-corrected chi connectivity index (χ2v) is 10.2. The summed E-state index contributed by atoms with van der Waals surface area (Å²) in [7, 11) is -1.84. The van der Waals surface area contributed by atoms with Gasteiger partial charge in [0.2, 0.25) is 0 Å². The van der Waals surface area contributed by atoms with Gasteiger partial charge in [-0.3, -0.25) is 4.90 Å². The molecular formula is C22H31N3O3S. The van der Waals surface area contributed by atoms with Crippen molar-refractivity contribution >= 4 is 21.7 Å². The van der Waals surface area contributed by atoms with Crippen molar-refractivity contribution in [3.05, 3.63) is 39.8 Å². The van der Waals surface area contributed by atoms with E-state index in [1.807, 2.05) is 7.05 Å². The number of hydrogen-bond acceptors (Lipinski definition) is 4. The number of rotatable bonds is 5. The quantitative estimate of drug-likeness (QED) is 0.769. The zero-order valence-electron chi connectivity index (χ0n) is 17.4. The van der Waals surface area contributed by atoms with Crippen LogP contribution in [0.2, 0.25) is 0 Å². The summed E-state index contributed by atoms with van der Waals surface area (Å²) in [6.07, 6.45) is 10.7. The molecule has 1 aliphatic heterocycles. The van der Waals surface area contributed by atoms with Gasteiger partial charge in [0.05, 0.1) is 0 Å². The molecule has 1 fully saturated rings. The van der Waals surface area contributed by atoms with Gasteiger partial charge in [-0.15, -0.1) is 0 Å². The van der Waals surface area contributed by atoms with E-state index in [0.29, 0.717) is 0 Å². The number of nitrogens with one attached hydrogen (secondary N) is 2. The Kier molecular flexibility index (Phi) is 5.46. The lowest BCUT2D eigenvalue weighted by Crippen LogP contribution is -2.39. The molecule has 1 aromatic rings. The highest BCUT2D eigenvalue weighted by atomic mass is 32.2. The van der Waals surface area contributed by atoms with Crippen LogP contribution in [0.3, 0.4) is 0 Å². The number of nitrogens with zero attached hydrogens (tertiary/aromatic N) is 1. The lowest BCUT2D eigenvalue weighted by Gasteiger charge is -2.32. The zero-order valence-corrected chi connectivity index (χ0v) is 18.2. The molecule has 2 N–H and O–H groups in total. The molecule has 7 heteroatoms. The molecule has 6 nitrogen and oxygen atoms in total. The normalized spacial score (nSPS) is 24.1. The van der Waals surface area contributed by atoms with Crippen molar-refractivity contribution in [1.82, 2.24) is 9.62 Å². The van der Waals surface area contributed by atoms with Crippen molar-refractivity contribution < 1.29 is 13.2 Å². The maximum absolute atomic E-state index is 12.6. The predicted molar refractivity (Wildman–Crippen MR) is 116 cm³/mol. The molecule has 1 heterocycles. The standard InChI is InChI=1S/C22H31N3O3S/c1-3-22(11-6-13-25(22)2)12-14-29(27,28)24-21(26)23-20-18-9-4-7-16(18)15-17-8-5-10-19(17)20/h12,14-15H,3-11,13H2,1-2H3,(H2,23,24,26)/b14-12+/t22-/m0/s1. The Balaban J connectivity index is 1.50. The largest absolute Gasteiger partial charge is 0.333 e. The Labute approximate surface area is 173 Å². The summed E-state index contributed by atoms with van der Waals surface area (Å²) in [5.74, 6) is 0. The van der Waals surface area contributed by atoms with Gasteiger partial charge in [-0.25, -0.2) is 17.9 Å². The molecule has 1 atom stereocenters. The van der Waals surface area contributed by atoms with Crippen LogP contribution in [0.4, 0.5) is 10.5 Å². The summed E-state index contributed by atoms with van der Waals surface area (Å²) in [5.41, 5.74) is 5.59. The van der Waals surface area contributed by atoms with E-state index in [9.17, 15) is 13.2 Å². The third kappa shape index (κ3) is 3.94. The number of likely N-dealkylation sites (N-methyl/N-ethyl adjacent to an activating group) is 1. The van der Waals surface area contributed by atoms with E-state index in [-0.39, 0.29) is 5.54 Å². The highest BCUT2D eigenvalue weighted by Gasteiger charge is 2.35. The van der Waals surface area contributed by atoms with E-state index in [1.54, 1.807) is 6.08 Å². The van der Waals surface area contributed by atoms with Crippen molar-refractivity contribution in [2.45, 2.75) is 70.3 Å². The van der Waals surface area contributed by atoms with Gasteiger partial charge >= 0.3 is 6.03 Å². The fourth-order valence-electron chi connectivity index (χ4n) is 5.30. The summed E-state index contributed by atoms with van der Waals surface area (Å²) in [6.45, 7) is 3.02. The zero-order chi connectivity index (χ0) is 20.6. The van der Waals surface area contributed by atoms with Crippen LogP contribution in [0.15, 0.2) is 17.6 Å². The Bertz CT molecular complexity index is 922. The second-order valence-electron chi connectivity index (χ2n) is 8.62. The molecule has 0 unspecified atom stereocenters. The molecule has 158 valence electrons. The highest BCUT2D eigenvalue weighted by molar-refractivity contribution is 7.92. The molecule has 3 aliphatic rings. The molecule has 0 radical (unpaired) electrons. The minimum atomic E-state index is -3.86. The Hall–Kier alpha value is -1.86. The van der Waals surface area contributed by atoms with E-state index >= 15 is 0 Å². The maximum atomic E-state index is 12.6. The fraction of sp³-hybridized carbons (Fsp3) is 0.591. The lowest BCUT2D eigenvalue weighted by molar-refractivity contribution is 0.222. The van der Waals surface area contributed by atoms with Crippen LogP contribution in [0.5, 0.6) is 0 Å². The van der Waals surface area contributed by atoms with E-state index in [4.69, 9.17) is 0 Å². The molecule has 4 rings (SSSR count). The number of hydrogen-bond donors (Lipinski definition) is 2. The van der Waals surface area contributed by atoms with Crippen LogP contribution < -0.4 is 10.0 Å². The first kappa shape index (κ1) is 20.4. The van der Waals surface area contributed by atoms with Gasteiger partial charge in [0, 0.05) is 16.6 Å². The average Bonchev–Trinajstić information content (AvgIpc) is 3.39. The van der Waals surface area contributed by atoms with E-state index in [0.717, 1.165) is 75.4 Å². The summed E-state index contributed by atoms with van der Waals surface area (Å²) < 4.78 is 27.3. The monoisotopic (exact) mass is 417 g/mol. The molecule has 0 aromatic heterocycles. The molecule has 0 spiro atoms. The minimum Gasteiger partial charge on any atom is -0.307 e. The van der Waals surface area contributed by atoms with Crippen LogP contribution in [-0.2, 0) is 35.7 Å². The van der Waals surface area contributed by atoms with Crippen LogP contribution in [0, 0.1) is 0 Å². The number of fused-ring (bicyclic) bond motifs is 2. The topological polar surface area (TPSA) is 78.5 Å². The first-order chi connectivity index (χ1) is 13.8. The van der Waals surface area contributed by atoms with Crippen molar-refractivity contribution in [3.63, 3.8) is 0 Å². The average molecular weight is 418 g/mol. The van der Waals surface area contributed by atoms with Gasteiger partial charge in [0.25, 0.3) is 10.0 Å².